The summed E-state index contributed by atoms with van der Waals surface area (Å²) >= 11 is 0. The van der Waals surface area contributed by atoms with Crippen LogP contribution in [0.4, 0.5) is 14.5 Å². The van der Waals surface area contributed by atoms with E-state index in [4.69, 9.17) is 5.73 Å². The van der Waals surface area contributed by atoms with E-state index in [1.54, 1.807) is 6.07 Å². The lowest BCUT2D eigenvalue weighted by molar-refractivity contribution is 0.624. The first-order chi connectivity index (χ1) is 9.65. The molecule has 0 amide bonds. The summed E-state index contributed by atoms with van der Waals surface area (Å²) in [5.74, 6) is -0.633. The van der Waals surface area contributed by atoms with Gasteiger partial charge in [0.1, 0.15) is 11.6 Å². The summed E-state index contributed by atoms with van der Waals surface area (Å²) < 4.78 is 27.9. The number of aromatic nitrogens is 4. The third-order valence-electron chi connectivity index (χ3n) is 2.78. The topological polar surface area (TPSA) is 69.6 Å². The average molecular weight is 273 g/mol. The average Bonchev–Trinajstić information content (AvgIpc) is 2.90. The highest BCUT2D eigenvalue weighted by Crippen LogP contribution is 2.26. The third kappa shape index (κ3) is 2.09. The Labute approximate surface area is 112 Å². The Hall–Kier alpha value is -2.83. The molecule has 0 radical (unpaired) electrons. The second-order valence-corrected chi connectivity index (χ2v) is 4.13. The van der Waals surface area contributed by atoms with E-state index in [1.807, 2.05) is 0 Å². The van der Waals surface area contributed by atoms with Crippen LogP contribution < -0.4 is 5.73 Å². The van der Waals surface area contributed by atoms with Gasteiger partial charge in [-0.3, -0.25) is 0 Å². The van der Waals surface area contributed by atoms with Gasteiger partial charge in [0.15, 0.2) is 5.82 Å². The summed E-state index contributed by atoms with van der Waals surface area (Å²) in [5.41, 5.74) is 6.91. The molecular weight excluding hydrogens is 264 g/mol. The fourth-order valence-electron chi connectivity index (χ4n) is 1.86. The van der Waals surface area contributed by atoms with Crippen LogP contribution in [0.2, 0.25) is 0 Å². The van der Waals surface area contributed by atoms with Gasteiger partial charge in [-0.2, -0.15) is 4.68 Å². The summed E-state index contributed by atoms with van der Waals surface area (Å²) in [6.07, 6.45) is 0. The maximum atomic E-state index is 13.3. The van der Waals surface area contributed by atoms with E-state index in [9.17, 15) is 8.78 Å². The summed E-state index contributed by atoms with van der Waals surface area (Å²) in [4.78, 5) is 0. The van der Waals surface area contributed by atoms with Gasteiger partial charge in [0.2, 0.25) is 0 Å². The van der Waals surface area contributed by atoms with Crippen molar-refractivity contribution >= 4 is 5.69 Å². The molecule has 3 rings (SSSR count). The molecule has 0 spiro atoms. The van der Waals surface area contributed by atoms with Gasteiger partial charge < -0.3 is 5.73 Å². The van der Waals surface area contributed by atoms with Crippen molar-refractivity contribution in [2.24, 2.45) is 0 Å². The monoisotopic (exact) mass is 273 g/mol. The van der Waals surface area contributed by atoms with Gasteiger partial charge in [-0.15, -0.1) is 5.10 Å². The SMILES string of the molecule is Nc1ccc(F)cc1-c1nnnn1-c1cccc(F)c1. The van der Waals surface area contributed by atoms with Gasteiger partial charge in [-0.25, -0.2) is 8.78 Å². The molecule has 0 aliphatic rings. The lowest BCUT2D eigenvalue weighted by atomic mass is 10.1. The lowest BCUT2D eigenvalue weighted by Crippen LogP contribution is -2.02. The van der Waals surface area contributed by atoms with Crippen molar-refractivity contribution in [3.05, 3.63) is 54.1 Å². The number of nitrogens with two attached hydrogens (primary N) is 1. The first-order valence-electron chi connectivity index (χ1n) is 5.75. The molecule has 1 heterocycles. The maximum absolute atomic E-state index is 13.3. The zero-order valence-electron chi connectivity index (χ0n) is 10.2. The van der Waals surface area contributed by atoms with Crippen molar-refractivity contribution in [2.45, 2.75) is 0 Å². The van der Waals surface area contributed by atoms with Crippen LogP contribution in [0.5, 0.6) is 0 Å². The number of benzene rings is 2. The van der Waals surface area contributed by atoms with Crippen molar-refractivity contribution in [2.75, 3.05) is 5.73 Å². The number of anilines is 1. The predicted molar refractivity (Wildman–Crippen MR) is 68.9 cm³/mol. The summed E-state index contributed by atoms with van der Waals surface area (Å²) in [7, 11) is 0. The standard InChI is InChI=1S/C13H9F2N5/c14-8-2-1-3-10(6-8)20-13(17-18-19-20)11-7-9(15)4-5-12(11)16/h1-7H,16H2. The molecule has 0 unspecified atom stereocenters. The molecule has 5 nitrogen and oxygen atoms in total. The third-order valence-corrected chi connectivity index (χ3v) is 2.78. The molecule has 0 bridgehead atoms. The number of rotatable bonds is 2. The second-order valence-electron chi connectivity index (χ2n) is 4.13. The number of halogens is 2. The Kier molecular flexibility index (Phi) is 2.86. The van der Waals surface area contributed by atoms with Crippen molar-refractivity contribution in [1.29, 1.82) is 0 Å². The molecule has 0 fully saturated rings. The van der Waals surface area contributed by atoms with E-state index < -0.39 is 11.6 Å². The quantitative estimate of drug-likeness (QED) is 0.727. The zero-order valence-corrected chi connectivity index (χ0v) is 10.2. The van der Waals surface area contributed by atoms with E-state index >= 15 is 0 Å². The van der Waals surface area contributed by atoms with Crippen LogP contribution in [0, 0.1) is 11.6 Å². The largest absolute Gasteiger partial charge is 0.398 e. The van der Waals surface area contributed by atoms with Crippen LogP contribution in [-0.4, -0.2) is 20.2 Å². The van der Waals surface area contributed by atoms with Crippen molar-refractivity contribution in [3.63, 3.8) is 0 Å². The predicted octanol–water partition coefficient (Wildman–Crippen LogP) is 2.19. The molecule has 0 aliphatic carbocycles. The first-order valence-corrected chi connectivity index (χ1v) is 5.75. The van der Waals surface area contributed by atoms with Gasteiger partial charge in [-0.1, -0.05) is 6.07 Å². The molecule has 7 heteroatoms. The molecule has 0 saturated carbocycles. The number of hydrogen-bond donors (Lipinski definition) is 1. The van der Waals surface area contributed by atoms with Gasteiger partial charge in [0, 0.05) is 11.3 Å². The Morgan fingerprint density at radius 1 is 1.00 bits per heavy atom. The minimum atomic E-state index is -0.456. The highest BCUT2D eigenvalue weighted by molar-refractivity contribution is 5.72. The van der Waals surface area contributed by atoms with Gasteiger partial charge in [0.25, 0.3) is 0 Å². The van der Waals surface area contributed by atoms with Crippen LogP contribution in [-0.2, 0) is 0 Å². The van der Waals surface area contributed by atoms with E-state index in [0.717, 1.165) is 0 Å². The molecule has 0 saturated heterocycles. The van der Waals surface area contributed by atoms with Crippen LogP contribution in [0.15, 0.2) is 42.5 Å². The van der Waals surface area contributed by atoms with E-state index in [0.29, 0.717) is 16.9 Å². The second kappa shape index (κ2) is 4.69. The highest BCUT2D eigenvalue weighted by atomic mass is 19.1. The van der Waals surface area contributed by atoms with Crippen LogP contribution in [0.25, 0.3) is 17.1 Å². The first kappa shape index (κ1) is 12.2. The van der Waals surface area contributed by atoms with E-state index in [-0.39, 0.29) is 5.82 Å². The highest BCUT2D eigenvalue weighted by Gasteiger charge is 2.14. The fraction of sp³-hybridized carbons (Fsp3) is 0. The van der Waals surface area contributed by atoms with Crippen molar-refractivity contribution in [3.8, 4) is 17.1 Å². The lowest BCUT2D eigenvalue weighted by Gasteiger charge is -2.07. The van der Waals surface area contributed by atoms with Crippen LogP contribution in [0.1, 0.15) is 0 Å². The van der Waals surface area contributed by atoms with E-state index in [2.05, 4.69) is 15.5 Å². The smallest absolute Gasteiger partial charge is 0.189 e. The number of tetrazole rings is 1. The maximum Gasteiger partial charge on any atom is 0.189 e. The summed E-state index contributed by atoms with van der Waals surface area (Å²) in [6.45, 7) is 0. The molecular formula is C13H9F2N5. The van der Waals surface area contributed by atoms with Gasteiger partial charge in [0.05, 0.1) is 5.69 Å². The minimum absolute atomic E-state index is 0.243. The van der Waals surface area contributed by atoms with Crippen molar-refractivity contribution in [1.82, 2.24) is 20.2 Å². The minimum Gasteiger partial charge on any atom is -0.398 e. The van der Waals surface area contributed by atoms with E-state index in [1.165, 1.54) is 41.1 Å². The number of nitrogens with zero attached hydrogens (tertiary/aromatic N) is 4. The number of hydrogen-bond acceptors (Lipinski definition) is 4. The molecule has 0 atom stereocenters. The molecule has 20 heavy (non-hydrogen) atoms. The molecule has 0 aliphatic heterocycles. The van der Waals surface area contributed by atoms with Gasteiger partial charge in [-0.05, 0) is 46.8 Å². The Morgan fingerprint density at radius 2 is 1.80 bits per heavy atom. The molecule has 2 aromatic carbocycles. The number of nitrogen functional groups attached to an aromatic ring is 1. The fourth-order valence-corrected chi connectivity index (χ4v) is 1.86. The Morgan fingerprint density at radius 3 is 2.60 bits per heavy atom. The van der Waals surface area contributed by atoms with Crippen molar-refractivity contribution < 1.29 is 8.78 Å². The summed E-state index contributed by atoms with van der Waals surface area (Å²) in [6, 6.07) is 9.66. The summed E-state index contributed by atoms with van der Waals surface area (Å²) in [5, 5.41) is 11.2. The molecule has 3 aromatic rings. The molecule has 1 aromatic heterocycles. The van der Waals surface area contributed by atoms with Crippen LogP contribution in [0.3, 0.4) is 0 Å². The van der Waals surface area contributed by atoms with Crippen LogP contribution >= 0.6 is 0 Å². The normalized spacial score (nSPS) is 10.7. The Bertz CT molecular complexity index is 769. The molecule has 2 N–H and O–H groups in total. The Balaban J connectivity index is 2.18. The molecule has 100 valence electrons. The van der Waals surface area contributed by atoms with Gasteiger partial charge >= 0.3 is 0 Å². The zero-order chi connectivity index (χ0) is 14.1.